The second-order valence-electron chi connectivity index (χ2n) is 8.18. The number of rotatable bonds is 6. The molecule has 6 nitrogen and oxygen atoms in total. The van der Waals surface area contributed by atoms with Gasteiger partial charge < -0.3 is 10.1 Å². The topological polar surface area (TPSA) is 73.2 Å². The number of nitrogens with zero attached hydrogens (tertiary/aromatic N) is 2. The molecular weight excluding hydrogens is 466 g/mol. The minimum Gasteiger partial charge on any atom is -0.497 e. The van der Waals surface area contributed by atoms with Crippen LogP contribution in [0.15, 0.2) is 64.5 Å². The number of aromatic nitrogens is 2. The molecule has 0 radical (unpaired) electrons. The normalized spacial score (nSPS) is 13.3. The fraction of sp³-hybridized carbons (Fsp3) is 0.269. The Balaban J connectivity index is 1.49. The molecule has 0 saturated carbocycles. The van der Waals surface area contributed by atoms with Gasteiger partial charge in [-0.3, -0.25) is 14.2 Å². The number of carbonyl (C=O) groups excluding carboxylic acids is 1. The fourth-order valence-corrected chi connectivity index (χ4v) is 6.41. The molecule has 2 heterocycles. The largest absolute Gasteiger partial charge is 0.497 e. The van der Waals surface area contributed by atoms with E-state index >= 15 is 0 Å². The zero-order chi connectivity index (χ0) is 23.5. The van der Waals surface area contributed by atoms with E-state index in [1.807, 2.05) is 48.5 Å². The standard InChI is InChI=1S/C26H25N3O3S2/c1-32-19-12-8-9-17(15-19)27-22(30)16-33-26-28-24-23(20-13-6-3-7-14-21(20)34-24)25(31)29(26)18-10-4-2-5-11-18/h2,4-5,8-12,15H,3,6-7,13-14,16H2,1H3,(H,27,30). The Hall–Kier alpha value is -3.10. The maximum Gasteiger partial charge on any atom is 0.267 e. The van der Waals surface area contributed by atoms with E-state index in [9.17, 15) is 9.59 Å². The van der Waals surface area contributed by atoms with E-state index in [2.05, 4.69) is 5.32 Å². The van der Waals surface area contributed by atoms with Gasteiger partial charge in [0.05, 0.1) is 23.9 Å². The molecule has 1 N–H and O–H groups in total. The maximum absolute atomic E-state index is 13.8. The van der Waals surface area contributed by atoms with Crippen LogP contribution in [0.1, 0.15) is 29.7 Å². The Bertz CT molecular complexity index is 1400. The summed E-state index contributed by atoms with van der Waals surface area (Å²) >= 11 is 2.91. The molecule has 5 rings (SSSR count). The van der Waals surface area contributed by atoms with E-state index in [4.69, 9.17) is 9.72 Å². The lowest BCUT2D eigenvalue weighted by molar-refractivity contribution is -0.113. The minimum absolute atomic E-state index is 0.0497. The number of nitrogens with one attached hydrogen (secondary N) is 1. The Morgan fingerprint density at radius 1 is 1.12 bits per heavy atom. The first-order valence-electron chi connectivity index (χ1n) is 11.3. The van der Waals surface area contributed by atoms with E-state index in [-0.39, 0.29) is 17.2 Å². The Kier molecular flexibility index (Phi) is 6.69. The van der Waals surface area contributed by atoms with Crippen molar-refractivity contribution in [1.29, 1.82) is 0 Å². The molecule has 8 heteroatoms. The highest BCUT2D eigenvalue weighted by Gasteiger charge is 2.22. The van der Waals surface area contributed by atoms with Gasteiger partial charge in [-0.15, -0.1) is 11.3 Å². The van der Waals surface area contributed by atoms with Crippen molar-refractivity contribution in [3.05, 3.63) is 75.4 Å². The first-order chi connectivity index (χ1) is 16.6. The number of methoxy groups -OCH3 is 1. The van der Waals surface area contributed by atoms with Gasteiger partial charge in [-0.2, -0.15) is 0 Å². The van der Waals surface area contributed by atoms with Crippen molar-refractivity contribution in [2.75, 3.05) is 18.2 Å². The summed E-state index contributed by atoms with van der Waals surface area (Å²) in [6.45, 7) is 0. The van der Waals surface area contributed by atoms with E-state index in [0.29, 0.717) is 16.6 Å². The van der Waals surface area contributed by atoms with Gasteiger partial charge in [0.15, 0.2) is 5.16 Å². The molecule has 1 aliphatic rings. The predicted molar refractivity (Wildman–Crippen MR) is 139 cm³/mol. The van der Waals surface area contributed by atoms with Gasteiger partial charge >= 0.3 is 0 Å². The molecule has 1 aliphatic carbocycles. The fourth-order valence-electron chi connectivity index (χ4n) is 4.29. The predicted octanol–water partition coefficient (Wildman–Crippen LogP) is 5.46. The van der Waals surface area contributed by atoms with Crippen LogP contribution in [0.4, 0.5) is 5.69 Å². The van der Waals surface area contributed by atoms with Gasteiger partial charge in [0.1, 0.15) is 10.6 Å². The molecule has 1 amide bonds. The van der Waals surface area contributed by atoms with Gasteiger partial charge in [0.25, 0.3) is 5.56 Å². The number of hydrogen-bond donors (Lipinski definition) is 1. The number of fused-ring (bicyclic) bond motifs is 3. The zero-order valence-corrected chi connectivity index (χ0v) is 20.5. The number of amides is 1. The summed E-state index contributed by atoms with van der Waals surface area (Å²) in [7, 11) is 1.59. The number of para-hydroxylation sites is 1. The van der Waals surface area contributed by atoms with Crippen LogP contribution in [0.25, 0.3) is 15.9 Å². The molecule has 0 spiro atoms. The lowest BCUT2D eigenvalue weighted by atomic mass is 10.1. The van der Waals surface area contributed by atoms with E-state index in [1.165, 1.54) is 28.6 Å². The van der Waals surface area contributed by atoms with Crippen molar-refractivity contribution in [3.63, 3.8) is 0 Å². The van der Waals surface area contributed by atoms with Gasteiger partial charge in [-0.05, 0) is 55.5 Å². The third-order valence-electron chi connectivity index (χ3n) is 5.91. The van der Waals surface area contributed by atoms with Crippen LogP contribution in [-0.4, -0.2) is 28.3 Å². The van der Waals surface area contributed by atoms with E-state index in [0.717, 1.165) is 41.6 Å². The van der Waals surface area contributed by atoms with Gasteiger partial charge in [0.2, 0.25) is 5.91 Å². The Morgan fingerprint density at radius 3 is 2.76 bits per heavy atom. The van der Waals surface area contributed by atoms with Gasteiger partial charge in [-0.1, -0.05) is 42.4 Å². The highest BCUT2D eigenvalue weighted by atomic mass is 32.2. The number of aryl methyl sites for hydroxylation is 2. The van der Waals surface area contributed by atoms with E-state index < -0.39 is 0 Å². The van der Waals surface area contributed by atoms with Gasteiger partial charge in [0, 0.05) is 16.6 Å². The highest BCUT2D eigenvalue weighted by molar-refractivity contribution is 7.99. The molecule has 2 aromatic carbocycles. The zero-order valence-electron chi connectivity index (χ0n) is 18.9. The lowest BCUT2D eigenvalue weighted by Crippen LogP contribution is -2.23. The van der Waals surface area contributed by atoms with Crippen molar-refractivity contribution >= 4 is 44.9 Å². The highest BCUT2D eigenvalue weighted by Crippen LogP contribution is 2.34. The van der Waals surface area contributed by atoms with Crippen LogP contribution >= 0.6 is 23.1 Å². The van der Waals surface area contributed by atoms with Crippen LogP contribution in [0, 0.1) is 0 Å². The number of benzene rings is 2. The second-order valence-corrected chi connectivity index (χ2v) is 10.2. The number of thiophene rings is 1. The van der Waals surface area contributed by atoms with Crippen LogP contribution in [0.2, 0.25) is 0 Å². The summed E-state index contributed by atoms with van der Waals surface area (Å²) in [5, 5.41) is 4.17. The lowest BCUT2D eigenvalue weighted by Gasteiger charge is -2.13. The average Bonchev–Trinajstić information content (AvgIpc) is 3.04. The SMILES string of the molecule is COc1cccc(NC(=O)CSc2nc3sc4c(c3c(=O)n2-c2ccccc2)CCCCC4)c1. The maximum atomic E-state index is 13.8. The molecule has 0 unspecified atom stereocenters. The smallest absolute Gasteiger partial charge is 0.267 e. The van der Waals surface area contributed by atoms with Crippen LogP contribution < -0.4 is 15.6 Å². The van der Waals surface area contributed by atoms with Crippen LogP contribution in [-0.2, 0) is 17.6 Å². The molecule has 0 aliphatic heterocycles. The number of thioether (sulfide) groups is 1. The molecule has 34 heavy (non-hydrogen) atoms. The number of carbonyl (C=O) groups is 1. The number of ether oxygens (including phenoxy) is 1. The van der Waals surface area contributed by atoms with Gasteiger partial charge in [-0.25, -0.2) is 4.98 Å². The van der Waals surface area contributed by atoms with Crippen molar-refractivity contribution in [2.24, 2.45) is 0 Å². The average molecular weight is 492 g/mol. The third kappa shape index (κ3) is 4.60. The molecule has 0 saturated heterocycles. The van der Waals surface area contributed by atoms with Crippen LogP contribution in [0.3, 0.4) is 0 Å². The summed E-state index contributed by atoms with van der Waals surface area (Å²) in [4.78, 5) is 33.5. The van der Waals surface area contributed by atoms with E-state index in [1.54, 1.807) is 29.1 Å². The second kappa shape index (κ2) is 10.0. The molecule has 0 atom stereocenters. The van der Waals surface area contributed by atoms with Crippen molar-refractivity contribution in [1.82, 2.24) is 9.55 Å². The number of anilines is 1. The molecule has 2 aromatic heterocycles. The van der Waals surface area contributed by atoms with Crippen molar-refractivity contribution in [3.8, 4) is 11.4 Å². The first-order valence-corrected chi connectivity index (χ1v) is 13.1. The molecular formula is C26H25N3O3S2. The Morgan fingerprint density at radius 2 is 1.94 bits per heavy atom. The molecule has 174 valence electrons. The van der Waals surface area contributed by atoms with Crippen molar-refractivity contribution in [2.45, 2.75) is 37.3 Å². The monoisotopic (exact) mass is 491 g/mol. The minimum atomic E-state index is -0.172. The number of hydrogen-bond acceptors (Lipinski definition) is 6. The first kappa shape index (κ1) is 22.7. The summed E-state index contributed by atoms with van der Waals surface area (Å²) in [5.41, 5.74) is 2.54. The molecule has 0 bridgehead atoms. The molecule has 4 aromatic rings. The third-order valence-corrected chi connectivity index (χ3v) is 8.03. The summed E-state index contributed by atoms with van der Waals surface area (Å²) in [5.74, 6) is 0.634. The van der Waals surface area contributed by atoms with Crippen LogP contribution in [0.5, 0.6) is 5.75 Å². The summed E-state index contributed by atoms with van der Waals surface area (Å²) in [6.07, 6.45) is 5.38. The summed E-state index contributed by atoms with van der Waals surface area (Å²) < 4.78 is 6.88. The Labute approximate surface area is 206 Å². The summed E-state index contributed by atoms with van der Waals surface area (Å²) in [6, 6.07) is 16.8. The van der Waals surface area contributed by atoms with Crippen molar-refractivity contribution < 1.29 is 9.53 Å². The quantitative estimate of drug-likeness (QED) is 0.220. The molecule has 0 fully saturated rings.